The molecule has 1 aliphatic heterocycles. The number of likely N-dealkylation sites (tertiary alicyclic amines) is 1. The van der Waals surface area contributed by atoms with Gasteiger partial charge in [0.25, 0.3) is 5.91 Å². The van der Waals surface area contributed by atoms with E-state index < -0.39 is 6.10 Å². The van der Waals surface area contributed by atoms with Crippen molar-refractivity contribution in [1.82, 2.24) is 10.2 Å². The van der Waals surface area contributed by atoms with Crippen LogP contribution in [-0.2, 0) is 4.79 Å². The minimum atomic E-state index is -0.410. The molecule has 5 nitrogen and oxygen atoms in total. The topological polar surface area (TPSA) is 64.9 Å². The largest absolute Gasteiger partial charge is 0.391 e. The lowest BCUT2D eigenvalue weighted by Crippen LogP contribution is -2.33. The van der Waals surface area contributed by atoms with Crippen molar-refractivity contribution in [3.8, 4) is 0 Å². The first-order valence-corrected chi connectivity index (χ1v) is 7.88. The van der Waals surface area contributed by atoms with E-state index in [0.717, 1.165) is 24.0 Å². The summed E-state index contributed by atoms with van der Waals surface area (Å²) in [5.74, 6) is 0.655. The van der Waals surface area contributed by atoms with Crippen LogP contribution in [0, 0.1) is 0 Å². The van der Waals surface area contributed by atoms with Gasteiger partial charge in [0.05, 0.1) is 6.10 Å². The second-order valence-electron chi connectivity index (χ2n) is 6.89. The average Bonchev–Trinajstić information content (AvgIpc) is 3.01. The number of aliphatic hydroxyl groups is 1. The highest BCUT2D eigenvalue weighted by molar-refractivity contribution is 5.98. The van der Waals surface area contributed by atoms with Crippen LogP contribution < -0.4 is 5.32 Å². The Bertz CT molecular complexity index is 540. The first kappa shape index (κ1) is 16.7. The zero-order valence-electron chi connectivity index (χ0n) is 14.1. The molecule has 1 saturated carbocycles. The van der Waals surface area contributed by atoms with E-state index in [1.165, 1.54) is 0 Å². The van der Waals surface area contributed by atoms with Crippen molar-refractivity contribution in [1.29, 1.82) is 0 Å². The maximum Gasteiger partial charge on any atom is 0.254 e. The Hall–Kier alpha value is -1.62. The fourth-order valence-electron chi connectivity index (χ4n) is 2.80. The Morgan fingerprint density at radius 3 is 2.41 bits per heavy atom. The Kier molecular flexibility index (Phi) is 4.75. The normalized spacial score (nSPS) is 23.7. The van der Waals surface area contributed by atoms with E-state index in [1.54, 1.807) is 4.90 Å². The molecule has 122 valence electrons. The van der Waals surface area contributed by atoms with Gasteiger partial charge in [0.2, 0.25) is 0 Å². The second-order valence-corrected chi connectivity index (χ2v) is 6.89. The molecule has 1 unspecified atom stereocenters. The Labute approximate surface area is 132 Å². The summed E-state index contributed by atoms with van der Waals surface area (Å²) >= 11 is 0. The van der Waals surface area contributed by atoms with E-state index in [9.17, 15) is 9.90 Å². The number of β-amino-alcohol motifs (C(OH)–C–C–N with tert-alkyl or cyclic N) is 1. The van der Waals surface area contributed by atoms with Crippen molar-refractivity contribution in [3.63, 3.8) is 0 Å². The summed E-state index contributed by atoms with van der Waals surface area (Å²) in [5.41, 5.74) is 2.53. The van der Waals surface area contributed by atoms with Gasteiger partial charge in [0.15, 0.2) is 0 Å². The van der Waals surface area contributed by atoms with Gasteiger partial charge in [-0.15, -0.1) is 0 Å². The number of carbonyl (C=O) groups is 1. The number of nitrogens with zero attached hydrogens (tertiary/aromatic N) is 2. The summed E-state index contributed by atoms with van der Waals surface area (Å²) in [7, 11) is 0. The van der Waals surface area contributed by atoms with Crippen LogP contribution in [0.15, 0.2) is 27.5 Å². The fraction of sp³-hybridized carbons (Fsp3) is 0.647. The van der Waals surface area contributed by atoms with E-state index in [1.807, 2.05) is 20.8 Å². The Morgan fingerprint density at radius 2 is 2.00 bits per heavy atom. The third-order valence-electron chi connectivity index (χ3n) is 4.47. The molecule has 1 saturated heterocycles. The van der Waals surface area contributed by atoms with Crippen LogP contribution in [0.2, 0.25) is 0 Å². The Balaban J connectivity index is 2.28. The molecule has 0 radical (unpaired) electrons. The lowest BCUT2D eigenvalue weighted by molar-refractivity contribution is -0.126. The molecule has 2 N–H and O–H groups in total. The van der Waals surface area contributed by atoms with Crippen LogP contribution in [0.5, 0.6) is 0 Å². The van der Waals surface area contributed by atoms with E-state index >= 15 is 0 Å². The van der Waals surface area contributed by atoms with Gasteiger partial charge in [-0.05, 0) is 53.7 Å². The smallest absolute Gasteiger partial charge is 0.254 e. The van der Waals surface area contributed by atoms with E-state index in [-0.39, 0.29) is 11.4 Å². The van der Waals surface area contributed by atoms with Crippen molar-refractivity contribution in [2.45, 2.75) is 58.6 Å². The predicted octanol–water partition coefficient (Wildman–Crippen LogP) is 1.99. The maximum atomic E-state index is 12.8. The van der Waals surface area contributed by atoms with Crippen molar-refractivity contribution < 1.29 is 9.90 Å². The van der Waals surface area contributed by atoms with E-state index in [2.05, 4.69) is 24.0 Å². The van der Waals surface area contributed by atoms with E-state index in [0.29, 0.717) is 30.9 Å². The molecular weight excluding hydrogens is 278 g/mol. The summed E-state index contributed by atoms with van der Waals surface area (Å²) in [5, 5.41) is 13.1. The van der Waals surface area contributed by atoms with Gasteiger partial charge < -0.3 is 15.3 Å². The third-order valence-corrected chi connectivity index (χ3v) is 4.47. The highest BCUT2D eigenvalue weighted by atomic mass is 16.3. The molecule has 22 heavy (non-hydrogen) atoms. The number of rotatable bonds is 5. The summed E-state index contributed by atoms with van der Waals surface area (Å²) < 4.78 is 0. The molecule has 1 amide bonds. The van der Waals surface area contributed by atoms with Gasteiger partial charge in [0, 0.05) is 29.8 Å². The number of nitrogens with one attached hydrogen (secondary N) is 1. The summed E-state index contributed by atoms with van der Waals surface area (Å²) in [6, 6.07) is 0. The molecule has 2 fully saturated rings. The average molecular weight is 305 g/mol. The number of aliphatic imine (C=N–C) groups is 1. The van der Waals surface area contributed by atoms with Crippen molar-refractivity contribution in [2.75, 3.05) is 13.1 Å². The summed E-state index contributed by atoms with van der Waals surface area (Å²) in [6.45, 7) is 12.6. The minimum Gasteiger partial charge on any atom is -0.391 e. The molecule has 2 aliphatic rings. The maximum absolute atomic E-state index is 12.8. The minimum absolute atomic E-state index is 0.0297. The standard InChI is InChI=1S/C17H27N3O2/c1-11(2)14(16(22)20-9-6-13(21)10-20)12(3)15(18-5)19-17(4)7-8-17/h13,19,21H,5-10H2,1-4H3/b15-12-. The molecule has 5 heteroatoms. The van der Waals surface area contributed by atoms with E-state index in [4.69, 9.17) is 0 Å². The molecule has 1 aliphatic carbocycles. The predicted molar refractivity (Wildman–Crippen MR) is 88.6 cm³/mol. The van der Waals surface area contributed by atoms with Crippen LogP contribution >= 0.6 is 0 Å². The Morgan fingerprint density at radius 1 is 1.36 bits per heavy atom. The number of hydrogen-bond donors (Lipinski definition) is 2. The lowest BCUT2D eigenvalue weighted by atomic mass is 10.0. The highest BCUT2D eigenvalue weighted by Gasteiger charge is 2.38. The number of amides is 1. The van der Waals surface area contributed by atoms with Gasteiger partial charge in [-0.3, -0.25) is 4.79 Å². The van der Waals surface area contributed by atoms with Crippen molar-refractivity contribution in [2.24, 2.45) is 4.99 Å². The molecule has 0 aromatic heterocycles. The highest BCUT2D eigenvalue weighted by Crippen LogP contribution is 2.36. The van der Waals surface area contributed by atoms with Crippen LogP contribution in [0.1, 0.15) is 47.0 Å². The summed E-state index contributed by atoms with van der Waals surface area (Å²) in [4.78, 5) is 18.6. The molecular formula is C17H27N3O2. The molecule has 0 aromatic rings. The number of aliphatic hydroxyl groups excluding tert-OH is 1. The molecule has 1 heterocycles. The van der Waals surface area contributed by atoms with Crippen molar-refractivity contribution >= 4 is 12.6 Å². The quantitative estimate of drug-likeness (QED) is 0.464. The third kappa shape index (κ3) is 3.58. The van der Waals surface area contributed by atoms with Gasteiger partial charge in [-0.25, -0.2) is 4.99 Å². The molecule has 0 bridgehead atoms. The van der Waals surface area contributed by atoms with Crippen LogP contribution in [-0.4, -0.2) is 47.4 Å². The second kappa shape index (κ2) is 6.24. The van der Waals surface area contributed by atoms with Crippen LogP contribution in [0.25, 0.3) is 0 Å². The SMILES string of the molecule is C=N/C(NC1(C)CC1)=C(\C)C(C(=O)N1CCC(O)C1)=C(C)C. The monoisotopic (exact) mass is 305 g/mol. The number of hydrogen-bond acceptors (Lipinski definition) is 4. The summed E-state index contributed by atoms with van der Waals surface area (Å²) in [6.07, 6.45) is 2.45. The zero-order valence-corrected chi connectivity index (χ0v) is 14.1. The lowest BCUT2D eigenvalue weighted by Gasteiger charge is -2.22. The first-order chi connectivity index (χ1) is 10.3. The van der Waals surface area contributed by atoms with Crippen LogP contribution in [0.4, 0.5) is 0 Å². The molecule has 0 spiro atoms. The van der Waals surface area contributed by atoms with Gasteiger partial charge in [0.1, 0.15) is 5.82 Å². The number of allylic oxidation sites excluding steroid dienone is 1. The molecule has 0 aromatic carbocycles. The van der Waals surface area contributed by atoms with Gasteiger partial charge in [-0.1, -0.05) is 5.57 Å². The van der Waals surface area contributed by atoms with Crippen LogP contribution in [0.3, 0.4) is 0 Å². The molecule has 2 rings (SSSR count). The van der Waals surface area contributed by atoms with Crippen molar-refractivity contribution in [3.05, 3.63) is 22.5 Å². The first-order valence-electron chi connectivity index (χ1n) is 7.88. The van der Waals surface area contributed by atoms with Gasteiger partial charge in [-0.2, -0.15) is 0 Å². The fourth-order valence-corrected chi connectivity index (χ4v) is 2.80. The molecule has 1 atom stereocenters. The number of carbonyl (C=O) groups excluding carboxylic acids is 1. The van der Waals surface area contributed by atoms with Gasteiger partial charge >= 0.3 is 0 Å². The zero-order chi connectivity index (χ0) is 16.5.